The number of hydrogen-bond donors (Lipinski definition) is 1. The molecule has 0 saturated carbocycles. The van der Waals surface area contributed by atoms with E-state index in [1.165, 1.54) is 0 Å². The molecule has 2 fully saturated rings. The van der Waals surface area contributed by atoms with Gasteiger partial charge in [0.05, 0.1) is 12.2 Å². The van der Waals surface area contributed by atoms with Crippen LogP contribution in [0.25, 0.3) is 0 Å². The number of hydrogen-bond acceptors (Lipinski definition) is 2. The minimum Gasteiger partial charge on any atom is -0.375 e. The van der Waals surface area contributed by atoms with E-state index in [9.17, 15) is 13.2 Å². The van der Waals surface area contributed by atoms with E-state index in [0.717, 1.165) is 32.2 Å². The Morgan fingerprint density at radius 3 is 2.63 bits per heavy atom. The zero-order chi connectivity index (χ0) is 13.9. The topological polar surface area (TPSA) is 21.3 Å². The van der Waals surface area contributed by atoms with E-state index in [1.54, 1.807) is 0 Å². The fraction of sp³-hybridized carbons (Fsp3) is 1.00. The highest BCUT2D eigenvalue weighted by atomic mass is 19.4. The molecule has 0 amide bonds. The van der Waals surface area contributed by atoms with E-state index in [1.807, 2.05) is 0 Å². The Kier molecular flexibility index (Phi) is 5.12. The fourth-order valence-electron chi connectivity index (χ4n) is 3.42. The van der Waals surface area contributed by atoms with Crippen molar-refractivity contribution < 1.29 is 17.9 Å². The van der Waals surface area contributed by atoms with E-state index < -0.39 is 12.6 Å². The predicted octanol–water partition coefficient (Wildman–Crippen LogP) is 3.65. The molecule has 0 aliphatic carbocycles. The summed E-state index contributed by atoms with van der Waals surface area (Å²) in [5.41, 5.74) is 0. The van der Waals surface area contributed by atoms with Gasteiger partial charge in [-0.3, -0.25) is 0 Å². The summed E-state index contributed by atoms with van der Waals surface area (Å²) in [4.78, 5) is 0. The second-order valence-corrected chi connectivity index (χ2v) is 5.84. The largest absolute Gasteiger partial charge is 0.389 e. The van der Waals surface area contributed by atoms with Gasteiger partial charge in [0, 0.05) is 18.4 Å². The van der Waals surface area contributed by atoms with Gasteiger partial charge in [-0.25, -0.2) is 0 Å². The van der Waals surface area contributed by atoms with Gasteiger partial charge in [0.25, 0.3) is 0 Å². The van der Waals surface area contributed by atoms with Crippen LogP contribution in [0.15, 0.2) is 0 Å². The van der Waals surface area contributed by atoms with Gasteiger partial charge >= 0.3 is 6.18 Å². The van der Waals surface area contributed by atoms with Crippen molar-refractivity contribution in [2.75, 3.05) is 6.54 Å². The fourth-order valence-corrected chi connectivity index (χ4v) is 3.42. The number of alkyl halides is 3. The van der Waals surface area contributed by atoms with Crippen LogP contribution in [-0.4, -0.2) is 31.0 Å². The molecule has 2 rings (SSSR count). The number of ether oxygens (including phenoxy) is 1. The highest BCUT2D eigenvalue weighted by Crippen LogP contribution is 2.41. The minimum atomic E-state index is -4.03. The average molecular weight is 279 g/mol. The Hall–Kier alpha value is -0.290. The third kappa shape index (κ3) is 4.35. The maximum atomic E-state index is 12.2. The normalized spacial score (nSPS) is 31.9. The predicted molar refractivity (Wildman–Crippen MR) is 68.0 cm³/mol. The van der Waals surface area contributed by atoms with Crippen molar-refractivity contribution in [3.8, 4) is 0 Å². The molecule has 2 aliphatic rings. The lowest BCUT2D eigenvalue weighted by Crippen LogP contribution is -2.41. The van der Waals surface area contributed by atoms with Crippen LogP contribution in [0.4, 0.5) is 13.2 Å². The van der Waals surface area contributed by atoms with Gasteiger partial charge in [0.2, 0.25) is 0 Å². The average Bonchev–Trinajstić information content (AvgIpc) is 2.94. The molecule has 19 heavy (non-hydrogen) atoms. The number of nitrogens with one attached hydrogen (secondary N) is 1. The second-order valence-electron chi connectivity index (χ2n) is 5.84. The number of rotatable bonds is 7. The molecule has 4 unspecified atom stereocenters. The molecule has 0 aromatic heterocycles. The van der Waals surface area contributed by atoms with Crippen molar-refractivity contribution in [3.63, 3.8) is 0 Å². The van der Waals surface area contributed by atoms with Crippen molar-refractivity contribution in [3.05, 3.63) is 0 Å². The Morgan fingerprint density at radius 1 is 1.32 bits per heavy atom. The van der Waals surface area contributed by atoms with Crippen molar-refractivity contribution >= 4 is 0 Å². The van der Waals surface area contributed by atoms with Crippen LogP contribution in [0.3, 0.4) is 0 Å². The van der Waals surface area contributed by atoms with Gasteiger partial charge in [-0.2, -0.15) is 13.2 Å². The minimum absolute atomic E-state index is 0.192. The van der Waals surface area contributed by atoms with Crippen LogP contribution in [0, 0.1) is 5.92 Å². The third-order valence-electron chi connectivity index (χ3n) is 4.30. The van der Waals surface area contributed by atoms with E-state index in [2.05, 4.69) is 12.2 Å². The highest BCUT2D eigenvalue weighted by Gasteiger charge is 2.44. The lowest BCUT2D eigenvalue weighted by Gasteiger charge is -2.29. The summed E-state index contributed by atoms with van der Waals surface area (Å²) in [6.45, 7) is 2.96. The molecule has 2 saturated heterocycles. The molecule has 4 atom stereocenters. The quantitative estimate of drug-likeness (QED) is 0.768. The first-order chi connectivity index (χ1) is 8.99. The third-order valence-corrected chi connectivity index (χ3v) is 4.30. The molecule has 2 heterocycles. The molecule has 0 radical (unpaired) electrons. The summed E-state index contributed by atoms with van der Waals surface area (Å²) < 4.78 is 42.6. The lowest BCUT2D eigenvalue weighted by molar-refractivity contribution is -0.136. The van der Waals surface area contributed by atoms with Crippen molar-refractivity contribution in [2.45, 2.75) is 76.3 Å². The summed E-state index contributed by atoms with van der Waals surface area (Å²) in [5, 5.41) is 3.44. The van der Waals surface area contributed by atoms with Crippen LogP contribution in [-0.2, 0) is 4.74 Å². The monoisotopic (exact) mass is 279 g/mol. The first-order valence-electron chi connectivity index (χ1n) is 7.45. The van der Waals surface area contributed by atoms with Crippen LogP contribution in [0.5, 0.6) is 0 Å². The van der Waals surface area contributed by atoms with Gasteiger partial charge in [-0.15, -0.1) is 0 Å². The summed E-state index contributed by atoms with van der Waals surface area (Å²) in [5.74, 6) is 0.415. The maximum absolute atomic E-state index is 12.2. The summed E-state index contributed by atoms with van der Waals surface area (Å²) in [7, 11) is 0. The zero-order valence-electron chi connectivity index (χ0n) is 11.5. The zero-order valence-corrected chi connectivity index (χ0v) is 11.5. The molecular weight excluding hydrogens is 255 g/mol. The molecule has 1 N–H and O–H groups in total. The molecule has 2 nitrogen and oxygen atoms in total. The first-order valence-corrected chi connectivity index (χ1v) is 7.45. The Morgan fingerprint density at radius 2 is 2.11 bits per heavy atom. The van der Waals surface area contributed by atoms with Gasteiger partial charge in [-0.05, 0) is 45.1 Å². The standard InChI is InChI=1S/C14H24F3NO/c1-2-8-18-12(4-3-7-14(15,16)17)11-9-10-5-6-13(11)19-10/h10-13,18H,2-9H2,1H3. The molecular formula is C14H24F3NO. The molecule has 0 aromatic rings. The Balaban J connectivity index is 1.81. The van der Waals surface area contributed by atoms with Crippen LogP contribution in [0.1, 0.15) is 51.9 Å². The Labute approximate surface area is 113 Å². The van der Waals surface area contributed by atoms with Crippen LogP contribution in [0.2, 0.25) is 0 Å². The van der Waals surface area contributed by atoms with Gasteiger partial charge in [-0.1, -0.05) is 6.92 Å². The number of fused-ring (bicyclic) bond motifs is 2. The van der Waals surface area contributed by atoms with Crippen molar-refractivity contribution in [1.29, 1.82) is 0 Å². The first kappa shape index (κ1) is 15.1. The smallest absolute Gasteiger partial charge is 0.375 e. The molecule has 2 bridgehead atoms. The van der Waals surface area contributed by atoms with Gasteiger partial charge < -0.3 is 10.1 Å². The molecule has 0 spiro atoms. The Bertz CT molecular complexity index is 282. The van der Waals surface area contributed by atoms with Crippen molar-refractivity contribution in [2.24, 2.45) is 5.92 Å². The molecule has 0 aromatic carbocycles. The molecule has 112 valence electrons. The van der Waals surface area contributed by atoms with Crippen LogP contribution >= 0.6 is 0 Å². The SMILES string of the molecule is CCCNC(CCCC(F)(F)F)C1CC2CCC1O2. The summed E-state index contributed by atoms with van der Waals surface area (Å²) >= 11 is 0. The number of halogens is 3. The summed E-state index contributed by atoms with van der Waals surface area (Å²) in [6, 6.07) is 0.192. The second kappa shape index (κ2) is 6.44. The molecule has 5 heteroatoms. The summed E-state index contributed by atoms with van der Waals surface area (Å²) in [6.07, 6.45) is 1.03. The van der Waals surface area contributed by atoms with Crippen molar-refractivity contribution in [1.82, 2.24) is 5.32 Å². The maximum Gasteiger partial charge on any atom is 0.389 e. The van der Waals surface area contributed by atoms with Gasteiger partial charge in [0.15, 0.2) is 0 Å². The van der Waals surface area contributed by atoms with E-state index >= 15 is 0 Å². The highest BCUT2D eigenvalue weighted by molar-refractivity contribution is 4.95. The van der Waals surface area contributed by atoms with Crippen LogP contribution < -0.4 is 5.32 Å². The molecule has 2 aliphatic heterocycles. The van der Waals surface area contributed by atoms with E-state index in [0.29, 0.717) is 18.4 Å². The van der Waals surface area contributed by atoms with E-state index in [-0.39, 0.29) is 18.6 Å². The van der Waals surface area contributed by atoms with Gasteiger partial charge in [0.1, 0.15) is 0 Å². The lowest BCUT2D eigenvalue weighted by atomic mass is 9.82. The van der Waals surface area contributed by atoms with E-state index in [4.69, 9.17) is 4.74 Å².